The summed E-state index contributed by atoms with van der Waals surface area (Å²) in [6, 6.07) is 2.98. The van der Waals surface area contributed by atoms with Gasteiger partial charge < -0.3 is 14.2 Å². The smallest absolute Gasteiger partial charge is 0.414 e. The van der Waals surface area contributed by atoms with Crippen LogP contribution in [0.2, 0.25) is 0 Å². The number of rotatable bonds is 5. The Morgan fingerprint density at radius 1 is 1.38 bits per heavy atom. The molecule has 9 heteroatoms. The number of nitro groups is 1. The lowest BCUT2D eigenvalue weighted by atomic mass is 10.2. The lowest BCUT2D eigenvalue weighted by Crippen LogP contribution is -2.38. The summed E-state index contributed by atoms with van der Waals surface area (Å²) in [5, 5.41) is 10.8. The number of ether oxygens (including phenoxy) is 3. The maximum Gasteiger partial charge on any atom is 0.414 e. The van der Waals surface area contributed by atoms with Crippen molar-refractivity contribution in [3.05, 3.63) is 45.9 Å². The molecule has 0 radical (unpaired) electrons. The van der Waals surface area contributed by atoms with Gasteiger partial charge in [-0.1, -0.05) is 0 Å². The van der Waals surface area contributed by atoms with Gasteiger partial charge in [-0.3, -0.25) is 15.0 Å². The maximum absolute atomic E-state index is 13.5. The molecule has 0 aliphatic carbocycles. The van der Waals surface area contributed by atoms with E-state index in [0.29, 0.717) is 5.70 Å². The van der Waals surface area contributed by atoms with E-state index < -0.39 is 34.2 Å². The summed E-state index contributed by atoms with van der Waals surface area (Å²) in [6.07, 6.45) is 0.468. The topological polar surface area (TPSA) is 91.1 Å². The van der Waals surface area contributed by atoms with Crippen molar-refractivity contribution >= 4 is 11.8 Å². The Balaban J connectivity index is 2.16. The number of hydrogen-bond donors (Lipinski definition) is 0. The summed E-state index contributed by atoms with van der Waals surface area (Å²) in [5.41, 5.74) is -0.544. The third-order valence-corrected chi connectivity index (χ3v) is 3.35. The van der Waals surface area contributed by atoms with Crippen LogP contribution in [0.3, 0.4) is 0 Å². The molecule has 26 heavy (non-hydrogen) atoms. The van der Waals surface area contributed by atoms with E-state index in [4.69, 9.17) is 14.2 Å². The Morgan fingerprint density at radius 2 is 2.08 bits per heavy atom. The van der Waals surface area contributed by atoms with Gasteiger partial charge in [0.1, 0.15) is 23.3 Å². The molecule has 0 saturated heterocycles. The molecule has 0 spiro atoms. The number of methoxy groups -OCH3 is 1. The number of benzene rings is 1. The Hall–Kier alpha value is -2.68. The van der Waals surface area contributed by atoms with Crippen molar-refractivity contribution in [2.75, 3.05) is 20.3 Å². The van der Waals surface area contributed by atoms with Crippen molar-refractivity contribution in [3.8, 4) is 5.75 Å². The summed E-state index contributed by atoms with van der Waals surface area (Å²) in [6.45, 7) is 5.53. The number of carbonyl (C=O) groups is 1. The number of hydrogen-bond acceptors (Lipinski definition) is 6. The second-order valence-corrected chi connectivity index (χ2v) is 6.74. The highest BCUT2D eigenvalue weighted by molar-refractivity contribution is 5.71. The molecule has 1 aromatic rings. The minimum atomic E-state index is -0.780. The molecule has 8 nitrogen and oxygen atoms in total. The number of nitro benzene ring substituents is 1. The van der Waals surface area contributed by atoms with Gasteiger partial charge in [-0.2, -0.15) is 0 Å². The van der Waals surface area contributed by atoms with Gasteiger partial charge in [0.05, 0.1) is 30.2 Å². The van der Waals surface area contributed by atoms with E-state index in [2.05, 4.69) is 0 Å². The predicted molar refractivity (Wildman–Crippen MR) is 90.4 cm³/mol. The van der Waals surface area contributed by atoms with Crippen molar-refractivity contribution in [1.29, 1.82) is 0 Å². The largest absolute Gasteiger partial charge is 0.484 e. The quantitative estimate of drug-likeness (QED) is 0.585. The Bertz CT molecular complexity index is 728. The molecule has 1 amide bonds. The number of nitrogens with zero attached hydrogens (tertiary/aromatic N) is 2. The van der Waals surface area contributed by atoms with Crippen molar-refractivity contribution in [1.82, 2.24) is 4.90 Å². The van der Waals surface area contributed by atoms with Crippen LogP contribution in [0.1, 0.15) is 20.8 Å². The van der Waals surface area contributed by atoms with Gasteiger partial charge in [-0.05, 0) is 26.8 Å². The molecule has 1 aromatic carbocycles. The fourth-order valence-corrected chi connectivity index (χ4v) is 2.40. The maximum atomic E-state index is 13.5. The molecular weight excluding hydrogens is 347 g/mol. The molecule has 0 unspecified atom stereocenters. The number of halogens is 1. The van der Waals surface area contributed by atoms with E-state index in [1.165, 1.54) is 12.0 Å². The zero-order chi connectivity index (χ0) is 19.5. The molecule has 0 saturated carbocycles. The van der Waals surface area contributed by atoms with Crippen LogP contribution in [-0.2, 0) is 9.47 Å². The van der Waals surface area contributed by atoms with Crippen LogP contribution in [0.4, 0.5) is 14.9 Å². The highest BCUT2D eigenvalue weighted by atomic mass is 19.1. The third-order valence-electron chi connectivity index (χ3n) is 3.35. The van der Waals surface area contributed by atoms with Gasteiger partial charge in [-0.15, -0.1) is 0 Å². The van der Waals surface area contributed by atoms with Crippen LogP contribution in [0, 0.1) is 15.9 Å². The van der Waals surface area contributed by atoms with Gasteiger partial charge in [0.25, 0.3) is 5.69 Å². The highest BCUT2D eigenvalue weighted by Crippen LogP contribution is 2.26. The predicted octanol–water partition coefficient (Wildman–Crippen LogP) is 3.26. The Morgan fingerprint density at radius 3 is 2.65 bits per heavy atom. The second kappa shape index (κ2) is 7.69. The lowest BCUT2D eigenvalue weighted by molar-refractivity contribution is -0.385. The van der Waals surface area contributed by atoms with Gasteiger partial charge in [0, 0.05) is 18.9 Å². The zero-order valence-electron chi connectivity index (χ0n) is 15.0. The molecule has 1 aliphatic heterocycles. The van der Waals surface area contributed by atoms with Crippen LogP contribution in [0.5, 0.6) is 5.75 Å². The number of non-ortho nitro benzene ring substituents is 1. The van der Waals surface area contributed by atoms with E-state index in [0.717, 1.165) is 18.2 Å². The van der Waals surface area contributed by atoms with Crippen LogP contribution in [-0.4, -0.2) is 47.9 Å². The average Bonchev–Trinajstić information content (AvgIpc) is 2.88. The van der Waals surface area contributed by atoms with Crippen LogP contribution in [0.15, 0.2) is 30.0 Å². The first-order chi connectivity index (χ1) is 12.1. The fraction of sp³-hybridized carbons (Fsp3) is 0.471. The monoisotopic (exact) mass is 368 g/mol. The summed E-state index contributed by atoms with van der Waals surface area (Å²) in [4.78, 5) is 23.8. The van der Waals surface area contributed by atoms with E-state index in [-0.39, 0.29) is 18.9 Å². The average molecular weight is 368 g/mol. The third kappa shape index (κ3) is 5.16. The Labute approximate surface area is 150 Å². The van der Waals surface area contributed by atoms with E-state index in [1.54, 1.807) is 26.8 Å². The van der Waals surface area contributed by atoms with Gasteiger partial charge >= 0.3 is 6.09 Å². The van der Waals surface area contributed by atoms with Crippen molar-refractivity contribution < 1.29 is 28.3 Å². The summed E-state index contributed by atoms with van der Waals surface area (Å²) in [5.74, 6) is -0.780. The lowest BCUT2D eigenvalue weighted by Gasteiger charge is -2.26. The number of carbonyl (C=O) groups excluding carboxylic acids is 1. The van der Waals surface area contributed by atoms with Gasteiger partial charge in [0.2, 0.25) is 0 Å². The van der Waals surface area contributed by atoms with E-state index in [9.17, 15) is 19.3 Å². The second-order valence-electron chi connectivity index (χ2n) is 6.74. The normalized spacial score (nSPS) is 17.0. The molecular formula is C17H21FN2O6. The SMILES string of the molecule is COCC1=C[C@@H](Oc2cc(F)cc([N+](=O)[O-])c2)CN1C(=O)OC(C)(C)C. The molecule has 0 N–H and O–H groups in total. The molecule has 0 aromatic heterocycles. The Kier molecular flexibility index (Phi) is 5.81. The van der Waals surface area contributed by atoms with Crippen molar-refractivity contribution in [3.63, 3.8) is 0 Å². The van der Waals surface area contributed by atoms with Crippen LogP contribution < -0.4 is 4.74 Å². The molecule has 2 rings (SSSR count). The molecule has 1 atom stereocenters. The van der Waals surface area contributed by atoms with E-state index >= 15 is 0 Å². The summed E-state index contributed by atoms with van der Waals surface area (Å²) in [7, 11) is 1.48. The zero-order valence-corrected chi connectivity index (χ0v) is 15.0. The minimum absolute atomic E-state index is 0.000700. The van der Waals surface area contributed by atoms with Gasteiger partial charge in [-0.25, -0.2) is 9.18 Å². The first-order valence-electron chi connectivity index (χ1n) is 7.91. The first-order valence-corrected chi connectivity index (χ1v) is 7.91. The highest BCUT2D eigenvalue weighted by Gasteiger charge is 2.32. The summed E-state index contributed by atoms with van der Waals surface area (Å²) < 4.78 is 29.6. The molecule has 0 fully saturated rings. The molecule has 1 aliphatic rings. The van der Waals surface area contributed by atoms with E-state index in [1.807, 2.05) is 0 Å². The fourth-order valence-electron chi connectivity index (χ4n) is 2.40. The van der Waals surface area contributed by atoms with Crippen LogP contribution >= 0.6 is 0 Å². The molecule has 142 valence electrons. The van der Waals surface area contributed by atoms with Crippen LogP contribution in [0.25, 0.3) is 0 Å². The first kappa shape index (κ1) is 19.6. The van der Waals surface area contributed by atoms with Crippen molar-refractivity contribution in [2.45, 2.75) is 32.5 Å². The number of amides is 1. The van der Waals surface area contributed by atoms with Crippen molar-refractivity contribution in [2.24, 2.45) is 0 Å². The van der Waals surface area contributed by atoms with Gasteiger partial charge in [0.15, 0.2) is 0 Å². The minimum Gasteiger partial charge on any atom is -0.484 e. The standard InChI is InChI=1S/C17H21FN2O6/c1-17(2,3)26-16(21)19-9-15(8-13(19)10-24-4)25-14-6-11(18)5-12(7-14)20(22)23/h5-8,15H,9-10H2,1-4H3/t15-/m1/s1. The molecule has 0 bridgehead atoms. The molecule has 1 heterocycles. The summed E-state index contributed by atoms with van der Waals surface area (Å²) >= 11 is 0.